The van der Waals surface area contributed by atoms with E-state index in [0.29, 0.717) is 19.4 Å². The Kier molecular flexibility index (Phi) is 6.69. The van der Waals surface area contributed by atoms with Gasteiger partial charge in [-0.1, -0.05) is 12.1 Å². The number of methoxy groups -OCH3 is 1. The van der Waals surface area contributed by atoms with Gasteiger partial charge in [-0.3, -0.25) is 4.79 Å². The molecular weight excluding hydrogens is 384 g/mol. The summed E-state index contributed by atoms with van der Waals surface area (Å²) in [5.41, 5.74) is 0.0159. The molecule has 2 aliphatic rings. The number of carbonyl (C=O) groups is 2. The maximum Gasteiger partial charge on any atom is 0.339 e. The quantitative estimate of drug-likeness (QED) is 0.731. The second-order valence-electron chi connectivity index (χ2n) is 7.09. The first-order valence-corrected chi connectivity index (χ1v) is 10.9. The molecule has 1 aromatic rings. The van der Waals surface area contributed by atoms with Crippen molar-refractivity contribution < 1.29 is 27.5 Å². The Labute approximate surface area is 165 Å². The van der Waals surface area contributed by atoms with Crippen LogP contribution in [0.4, 0.5) is 0 Å². The molecule has 8 nitrogen and oxygen atoms in total. The third kappa shape index (κ3) is 4.53. The third-order valence-electron chi connectivity index (χ3n) is 5.24. The van der Waals surface area contributed by atoms with Gasteiger partial charge in [-0.15, -0.1) is 0 Å². The van der Waals surface area contributed by atoms with E-state index in [-0.39, 0.29) is 41.4 Å². The molecule has 0 spiro atoms. The number of nitrogens with zero attached hydrogens (tertiary/aromatic N) is 1. The highest BCUT2D eigenvalue weighted by Gasteiger charge is 2.34. The molecule has 0 saturated carbocycles. The van der Waals surface area contributed by atoms with Crippen molar-refractivity contribution in [2.24, 2.45) is 5.92 Å². The van der Waals surface area contributed by atoms with Gasteiger partial charge in [0.2, 0.25) is 15.9 Å². The maximum atomic E-state index is 13.0. The zero-order valence-electron chi connectivity index (χ0n) is 15.9. The Hall–Kier alpha value is -1.97. The van der Waals surface area contributed by atoms with Crippen molar-refractivity contribution in [2.45, 2.75) is 36.6 Å². The van der Waals surface area contributed by atoms with Crippen molar-refractivity contribution in [3.8, 4) is 0 Å². The predicted octanol–water partition coefficient (Wildman–Crippen LogP) is 1.17. The first kappa shape index (κ1) is 20.8. The molecule has 1 amide bonds. The first-order valence-electron chi connectivity index (χ1n) is 9.49. The van der Waals surface area contributed by atoms with Crippen LogP contribution in [0.15, 0.2) is 29.2 Å². The summed E-state index contributed by atoms with van der Waals surface area (Å²) in [5.74, 6) is -0.949. The van der Waals surface area contributed by atoms with Gasteiger partial charge in [0, 0.05) is 25.6 Å². The molecule has 1 N–H and O–H groups in total. The smallest absolute Gasteiger partial charge is 0.339 e. The molecule has 9 heteroatoms. The molecule has 28 heavy (non-hydrogen) atoms. The number of piperidine rings is 1. The number of amides is 1. The predicted molar refractivity (Wildman–Crippen MR) is 101 cm³/mol. The van der Waals surface area contributed by atoms with Crippen LogP contribution in [0.3, 0.4) is 0 Å². The molecule has 2 fully saturated rings. The van der Waals surface area contributed by atoms with Gasteiger partial charge >= 0.3 is 5.97 Å². The van der Waals surface area contributed by atoms with Crippen molar-refractivity contribution in [3.63, 3.8) is 0 Å². The number of sulfonamides is 1. The summed E-state index contributed by atoms with van der Waals surface area (Å²) in [4.78, 5) is 24.3. The normalized spacial score (nSPS) is 21.8. The summed E-state index contributed by atoms with van der Waals surface area (Å²) >= 11 is 0. The molecule has 1 aromatic carbocycles. The van der Waals surface area contributed by atoms with Crippen LogP contribution in [0.5, 0.6) is 0 Å². The maximum absolute atomic E-state index is 13.0. The van der Waals surface area contributed by atoms with Crippen LogP contribution in [-0.2, 0) is 24.3 Å². The van der Waals surface area contributed by atoms with Crippen LogP contribution in [0.2, 0.25) is 0 Å². The number of hydrogen-bond acceptors (Lipinski definition) is 6. The molecule has 1 atom stereocenters. The Morgan fingerprint density at radius 1 is 1.18 bits per heavy atom. The van der Waals surface area contributed by atoms with Gasteiger partial charge in [0.25, 0.3) is 0 Å². The lowest BCUT2D eigenvalue weighted by Gasteiger charge is -2.32. The fraction of sp³-hybridized carbons (Fsp3) is 0.579. The molecule has 0 radical (unpaired) electrons. The summed E-state index contributed by atoms with van der Waals surface area (Å²) in [6.45, 7) is 1.73. The van der Waals surface area contributed by atoms with Crippen molar-refractivity contribution in [2.75, 3.05) is 33.4 Å². The minimum atomic E-state index is -3.84. The van der Waals surface area contributed by atoms with Crippen molar-refractivity contribution >= 4 is 21.9 Å². The highest BCUT2D eigenvalue weighted by atomic mass is 32.2. The highest BCUT2D eigenvalue weighted by Crippen LogP contribution is 2.26. The van der Waals surface area contributed by atoms with Crippen LogP contribution in [0, 0.1) is 5.92 Å². The van der Waals surface area contributed by atoms with Gasteiger partial charge in [-0.05, 0) is 37.8 Å². The van der Waals surface area contributed by atoms with Crippen LogP contribution >= 0.6 is 0 Å². The molecule has 0 aliphatic carbocycles. The van der Waals surface area contributed by atoms with Gasteiger partial charge < -0.3 is 14.8 Å². The fourth-order valence-electron chi connectivity index (χ4n) is 3.64. The highest BCUT2D eigenvalue weighted by molar-refractivity contribution is 7.89. The molecule has 154 valence electrons. The van der Waals surface area contributed by atoms with Crippen molar-refractivity contribution in [1.29, 1.82) is 0 Å². The van der Waals surface area contributed by atoms with E-state index in [0.717, 1.165) is 19.4 Å². The van der Waals surface area contributed by atoms with E-state index >= 15 is 0 Å². The molecule has 2 saturated heterocycles. The van der Waals surface area contributed by atoms with Gasteiger partial charge in [-0.25, -0.2) is 13.2 Å². The van der Waals surface area contributed by atoms with Gasteiger partial charge in [-0.2, -0.15) is 4.31 Å². The number of ether oxygens (including phenoxy) is 2. The number of rotatable bonds is 5. The minimum Gasteiger partial charge on any atom is -0.465 e. The monoisotopic (exact) mass is 410 g/mol. The lowest BCUT2D eigenvalue weighted by Crippen LogP contribution is -2.47. The number of nitrogens with one attached hydrogen (secondary N) is 1. The first-order chi connectivity index (χ1) is 13.4. The minimum absolute atomic E-state index is 0.0159. The van der Waals surface area contributed by atoms with E-state index in [1.54, 1.807) is 12.1 Å². The average molecular weight is 410 g/mol. The molecule has 3 rings (SSSR count). The number of benzene rings is 1. The van der Waals surface area contributed by atoms with Crippen molar-refractivity contribution in [1.82, 2.24) is 9.62 Å². The molecule has 1 unspecified atom stereocenters. The van der Waals surface area contributed by atoms with E-state index in [9.17, 15) is 18.0 Å². The summed E-state index contributed by atoms with van der Waals surface area (Å²) in [6.07, 6.45) is 2.72. The van der Waals surface area contributed by atoms with E-state index in [2.05, 4.69) is 5.32 Å². The van der Waals surface area contributed by atoms with Crippen LogP contribution in [0.1, 0.15) is 36.0 Å². The average Bonchev–Trinajstić information content (AvgIpc) is 2.74. The zero-order chi connectivity index (χ0) is 20.1. The Morgan fingerprint density at radius 2 is 1.89 bits per heavy atom. The Balaban J connectivity index is 1.64. The zero-order valence-corrected chi connectivity index (χ0v) is 16.7. The SMILES string of the molecule is COC(=O)c1ccccc1S(=O)(=O)N1CCC(C(=O)NC2CCCOC2)CC1. The third-order valence-corrected chi connectivity index (χ3v) is 7.20. The summed E-state index contributed by atoms with van der Waals surface area (Å²) in [5, 5.41) is 3.01. The van der Waals surface area contributed by atoms with E-state index in [4.69, 9.17) is 9.47 Å². The molecule has 2 heterocycles. The van der Waals surface area contributed by atoms with E-state index < -0.39 is 16.0 Å². The second-order valence-corrected chi connectivity index (χ2v) is 9.00. The molecule has 0 aromatic heterocycles. The number of esters is 1. The lowest BCUT2D eigenvalue weighted by molar-refractivity contribution is -0.127. The van der Waals surface area contributed by atoms with Gasteiger partial charge in [0.15, 0.2) is 0 Å². The summed E-state index contributed by atoms with van der Waals surface area (Å²) in [6, 6.07) is 6.05. The van der Waals surface area contributed by atoms with Gasteiger partial charge in [0.1, 0.15) is 0 Å². The second kappa shape index (κ2) is 9.02. The van der Waals surface area contributed by atoms with E-state index in [1.807, 2.05) is 0 Å². The van der Waals surface area contributed by atoms with Crippen molar-refractivity contribution in [3.05, 3.63) is 29.8 Å². The summed E-state index contributed by atoms with van der Waals surface area (Å²) < 4.78 is 37.5. The van der Waals surface area contributed by atoms with Gasteiger partial charge in [0.05, 0.1) is 30.2 Å². The lowest BCUT2D eigenvalue weighted by atomic mass is 9.96. The van der Waals surface area contributed by atoms with Crippen LogP contribution < -0.4 is 5.32 Å². The fourth-order valence-corrected chi connectivity index (χ4v) is 5.29. The molecule has 2 aliphatic heterocycles. The Bertz CT molecular complexity index is 811. The number of carbonyl (C=O) groups excluding carboxylic acids is 2. The summed E-state index contributed by atoms with van der Waals surface area (Å²) in [7, 11) is -2.63. The van der Waals surface area contributed by atoms with Crippen LogP contribution in [0.25, 0.3) is 0 Å². The largest absolute Gasteiger partial charge is 0.465 e. The Morgan fingerprint density at radius 3 is 2.54 bits per heavy atom. The standard InChI is InChI=1S/C19H26N2O6S/c1-26-19(23)16-6-2-3-7-17(16)28(24,25)21-10-8-14(9-11-21)18(22)20-15-5-4-12-27-13-15/h2-3,6-7,14-15H,4-5,8-13H2,1H3,(H,20,22). The molecular formula is C19H26N2O6S. The van der Waals surface area contributed by atoms with Crippen LogP contribution in [-0.4, -0.2) is 64.1 Å². The number of hydrogen-bond donors (Lipinski definition) is 1. The van der Waals surface area contributed by atoms with E-state index in [1.165, 1.54) is 23.5 Å². The topological polar surface area (TPSA) is 102 Å². The molecule has 0 bridgehead atoms.